The van der Waals surface area contributed by atoms with Crippen LogP contribution in [0.15, 0.2) is 42.5 Å². The molecule has 9 heteroatoms. The number of benzene rings is 2. The van der Waals surface area contributed by atoms with E-state index >= 15 is 0 Å². The van der Waals surface area contributed by atoms with Gasteiger partial charge in [-0.25, -0.2) is 0 Å². The summed E-state index contributed by atoms with van der Waals surface area (Å²) in [7, 11) is 0. The number of ketones is 1. The maximum absolute atomic E-state index is 12.4. The highest BCUT2D eigenvalue weighted by molar-refractivity contribution is 6.01. The molecule has 1 heterocycles. The number of Topliss-reactive ketones (excluding diaryl/α,β-unsaturated/α-hetero) is 1. The van der Waals surface area contributed by atoms with Crippen molar-refractivity contribution in [1.29, 1.82) is 0 Å². The van der Waals surface area contributed by atoms with Crippen LogP contribution >= 0.6 is 0 Å². The van der Waals surface area contributed by atoms with Crippen LogP contribution in [-0.4, -0.2) is 37.6 Å². The summed E-state index contributed by atoms with van der Waals surface area (Å²) in [6.07, 6.45) is -4.54. The van der Waals surface area contributed by atoms with Gasteiger partial charge in [0.1, 0.15) is 19.8 Å². The van der Waals surface area contributed by atoms with Gasteiger partial charge < -0.3 is 20.1 Å². The molecule has 2 aromatic rings. The highest BCUT2D eigenvalue weighted by Gasteiger charge is 2.27. The molecule has 0 aliphatic carbocycles. The van der Waals surface area contributed by atoms with Gasteiger partial charge in [-0.3, -0.25) is 9.59 Å². The molecule has 1 aliphatic heterocycles. The van der Waals surface area contributed by atoms with Crippen LogP contribution in [0.3, 0.4) is 0 Å². The normalized spacial score (nSPS) is 12.9. The van der Waals surface area contributed by atoms with Gasteiger partial charge in [-0.15, -0.1) is 0 Å². The van der Waals surface area contributed by atoms with E-state index in [9.17, 15) is 22.8 Å². The number of anilines is 2. The van der Waals surface area contributed by atoms with Crippen LogP contribution in [0.1, 0.15) is 23.2 Å². The van der Waals surface area contributed by atoms with Crippen LogP contribution in [0.25, 0.3) is 0 Å². The second-order valence-electron chi connectivity index (χ2n) is 6.34. The molecule has 0 fully saturated rings. The third-order valence-corrected chi connectivity index (χ3v) is 4.12. The molecule has 0 saturated carbocycles. The van der Waals surface area contributed by atoms with Crippen LogP contribution < -0.4 is 20.1 Å². The molecule has 1 aliphatic rings. The van der Waals surface area contributed by atoms with E-state index in [1.165, 1.54) is 12.1 Å². The van der Waals surface area contributed by atoms with E-state index < -0.39 is 18.6 Å². The Kier molecular flexibility index (Phi) is 6.26. The minimum Gasteiger partial charge on any atom is -0.486 e. The molecule has 0 atom stereocenters. The molecule has 1 amide bonds. The number of rotatable bonds is 7. The first-order valence-corrected chi connectivity index (χ1v) is 8.94. The molecule has 29 heavy (non-hydrogen) atoms. The number of hydrogen-bond donors (Lipinski definition) is 2. The largest absolute Gasteiger partial charge is 0.486 e. The number of para-hydroxylation sites is 2. The molecule has 0 unspecified atom stereocenters. The van der Waals surface area contributed by atoms with Gasteiger partial charge in [0.25, 0.3) is 0 Å². The summed E-state index contributed by atoms with van der Waals surface area (Å²) < 4.78 is 48.1. The first kappa shape index (κ1) is 20.5. The van der Waals surface area contributed by atoms with Gasteiger partial charge in [0, 0.05) is 18.4 Å². The summed E-state index contributed by atoms with van der Waals surface area (Å²) >= 11 is 0. The Bertz CT molecular complexity index is 900. The molecule has 0 spiro atoms. The maximum atomic E-state index is 12.4. The van der Waals surface area contributed by atoms with E-state index in [4.69, 9.17) is 9.47 Å². The van der Waals surface area contributed by atoms with E-state index in [-0.39, 0.29) is 30.0 Å². The number of nitrogens with one attached hydrogen (secondary N) is 2. The Labute approximate surface area is 165 Å². The third kappa shape index (κ3) is 5.87. The lowest BCUT2D eigenvalue weighted by molar-refractivity contribution is -0.116. The number of fused-ring (bicyclic) bond motifs is 1. The maximum Gasteiger partial charge on any atom is 0.405 e. The molecule has 0 bridgehead atoms. The highest BCUT2D eigenvalue weighted by Crippen LogP contribution is 2.31. The van der Waals surface area contributed by atoms with Crippen LogP contribution in [0.5, 0.6) is 11.5 Å². The number of amides is 1. The molecular formula is C20H19F3N2O4. The lowest BCUT2D eigenvalue weighted by Crippen LogP contribution is -2.22. The summed E-state index contributed by atoms with van der Waals surface area (Å²) in [5, 5.41) is 4.78. The van der Waals surface area contributed by atoms with Crippen molar-refractivity contribution in [3.8, 4) is 11.5 Å². The Balaban J connectivity index is 1.56. The molecule has 6 nitrogen and oxygen atoms in total. The zero-order chi connectivity index (χ0) is 20.9. The van der Waals surface area contributed by atoms with Crippen molar-refractivity contribution in [1.82, 2.24) is 0 Å². The van der Waals surface area contributed by atoms with Crippen LogP contribution in [-0.2, 0) is 4.79 Å². The molecule has 2 aromatic carbocycles. The third-order valence-electron chi connectivity index (χ3n) is 4.12. The number of alkyl halides is 3. The number of carbonyl (C=O) groups excluding carboxylic acids is 2. The smallest absolute Gasteiger partial charge is 0.405 e. The Morgan fingerprint density at radius 1 is 0.931 bits per heavy atom. The lowest BCUT2D eigenvalue weighted by atomic mass is 10.1. The zero-order valence-corrected chi connectivity index (χ0v) is 15.3. The topological polar surface area (TPSA) is 76.7 Å². The fraction of sp³-hybridized carbons (Fsp3) is 0.300. The van der Waals surface area contributed by atoms with Gasteiger partial charge >= 0.3 is 6.18 Å². The van der Waals surface area contributed by atoms with Crippen molar-refractivity contribution < 1.29 is 32.2 Å². The van der Waals surface area contributed by atoms with Gasteiger partial charge in [0.05, 0.1) is 11.4 Å². The monoisotopic (exact) mass is 408 g/mol. The van der Waals surface area contributed by atoms with E-state index in [0.717, 1.165) is 0 Å². The fourth-order valence-corrected chi connectivity index (χ4v) is 2.74. The van der Waals surface area contributed by atoms with E-state index in [2.05, 4.69) is 10.6 Å². The van der Waals surface area contributed by atoms with Crippen molar-refractivity contribution in [3.05, 3.63) is 48.0 Å². The van der Waals surface area contributed by atoms with Crippen molar-refractivity contribution in [2.75, 3.05) is 30.4 Å². The molecule has 0 radical (unpaired) electrons. The molecule has 154 valence electrons. The Morgan fingerprint density at radius 3 is 2.34 bits per heavy atom. The first-order chi connectivity index (χ1) is 13.8. The number of halogens is 3. The molecular weight excluding hydrogens is 389 g/mol. The van der Waals surface area contributed by atoms with Crippen molar-refractivity contribution >= 4 is 23.1 Å². The minimum atomic E-state index is -4.38. The lowest BCUT2D eigenvalue weighted by Gasteiger charge is -2.18. The van der Waals surface area contributed by atoms with Crippen LogP contribution in [0.2, 0.25) is 0 Å². The SMILES string of the molecule is O=C(CCC(=O)c1ccc2c(c1)OCCO2)Nc1ccccc1NCC(F)(F)F. The average Bonchev–Trinajstić information content (AvgIpc) is 2.70. The van der Waals surface area contributed by atoms with Crippen LogP contribution in [0.4, 0.5) is 24.5 Å². The quantitative estimate of drug-likeness (QED) is 0.677. The molecule has 2 N–H and O–H groups in total. The summed E-state index contributed by atoms with van der Waals surface area (Å²) in [6, 6.07) is 10.9. The number of ether oxygens (including phenoxy) is 2. The van der Waals surface area contributed by atoms with Gasteiger partial charge in [0.2, 0.25) is 5.91 Å². The molecule has 3 rings (SSSR count). The van der Waals surface area contributed by atoms with Gasteiger partial charge in [-0.05, 0) is 30.3 Å². The van der Waals surface area contributed by atoms with Crippen molar-refractivity contribution in [2.24, 2.45) is 0 Å². The zero-order valence-electron chi connectivity index (χ0n) is 15.3. The minimum absolute atomic E-state index is 0.0520. The summed E-state index contributed by atoms with van der Waals surface area (Å²) in [6.45, 7) is -0.378. The van der Waals surface area contributed by atoms with E-state index in [1.54, 1.807) is 30.3 Å². The number of carbonyl (C=O) groups is 2. The fourth-order valence-electron chi connectivity index (χ4n) is 2.74. The van der Waals surface area contributed by atoms with Crippen LogP contribution in [0, 0.1) is 0 Å². The average molecular weight is 408 g/mol. The molecule has 0 aromatic heterocycles. The summed E-state index contributed by atoms with van der Waals surface area (Å²) in [4.78, 5) is 24.5. The van der Waals surface area contributed by atoms with Crippen molar-refractivity contribution in [3.63, 3.8) is 0 Å². The second kappa shape index (κ2) is 8.85. The summed E-state index contributed by atoms with van der Waals surface area (Å²) in [5.41, 5.74) is 0.763. The van der Waals surface area contributed by atoms with E-state index in [1.807, 2.05) is 0 Å². The van der Waals surface area contributed by atoms with E-state index in [0.29, 0.717) is 30.3 Å². The number of hydrogen-bond acceptors (Lipinski definition) is 5. The van der Waals surface area contributed by atoms with Gasteiger partial charge in [0.15, 0.2) is 17.3 Å². The van der Waals surface area contributed by atoms with Gasteiger partial charge in [-0.2, -0.15) is 13.2 Å². The summed E-state index contributed by atoms with van der Waals surface area (Å²) in [5.74, 6) is 0.322. The standard InChI is InChI=1S/C20H19F3N2O4/c21-20(22,23)12-24-14-3-1-2-4-15(14)25-19(27)8-6-16(26)13-5-7-17-18(11-13)29-10-9-28-17/h1-5,7,11,24H,6,8-10,12H2,(H,25,27). The first-order valence-electron chi connectivity index (χ1n) is 8.94. The highest BCUT2D eigenvalue weighted by atomic mass is 19.4. The van der Waals surface area contributed by atoms with Crippen molar-refractivity contribution in [2.45, 2.75) is 19.0 Å². The predicted molar refractivity (Wildman–Crippen MR) is 101 cm³/mol. The second-order valence-corrected chi connectivity index (χ2v) is 6.34. The van der Waals surface area contributed by atoms with Gasteiger partial charge in [-0.1, -0.05) is 12.1 Å². The molecule has 0 saturated heterocycles. The Hall–Kier alpha value is -3.23. The predicted octanol–water partition coefficient (Wildman–Crippen LogP) is 4.03. The Morgan fingerprint density at radius 2 is 1.62 bits per heavy atom.